The van der Waals surface area contributed by atoms with Gasteiger partial charge in [-0.05, 0) is 38.8 Å². The van der Waals surface area contributed by atoms with E-state index in [1.54, 1.807) is 11.0 Å². The molecule has 0 spiro atoms. The number of piperazine rings is 1. The SMILES string of the molecule is CC(C)(C)OC(=O)N1CCN(CCc2cc(Cl)c([N+](=O)[O-])cc2Cl)CC1. The zero-order valence-electron chi connectivity index (χ0n) is 15.1. The minimum Gasteiger partial charge on any atom is -0.444 e. The summed E-state index contributed by atoms with van der Waals surface area (Å²) in [6.07, 6.45) is 0.338. The van der Waals surface area contributed by atoms with Crippen molar-refractivity contribution in [2.24, 2.45) is 0 Å². The zero-order chi connectivity index (χ0) is 19.5. The van der Waals surface area contributed by atoms with Crippen LogP contribution >= 0.6 is 23.2 Å². The van der Waals surface area contributed by atoms with Gasteiger partial charge in [0.05, 0.1) is 9.95 Å². The Labute approximate surface area is 162 Å². The highest BCUT2D eigenvalue weighted by atomic mass is 35.5. The first-order chi connectivity index (χ1) is 12.1. The number of hydrogen-bond donors (Lipinski definition) is 0. The van der Waals surface area contributed by atoms with Crippen LogP contribution in [0.5, 0.6) is 0 Å². The van der Waals surface area contributed by atoms with Gasteiger partial charge in [-0.1, -0.05) is 23.2 Å². The van der Waals surface area contributed by atoms with Crippen LogP contribution in [0.15, 0.2) is 12.1 Å². The molecule has 0 unspecified atom stereocenters. The Bertz CT molecular complexity index is 683. The van der Waals surface area contributed by atoms with Gasteiger partial charge in [0.25, 0.3) is 5.69 Å². The van der Waals surface area contributed by atoms with Crippen LogP contribution in [0.25, 0.3) is 0 Å². The van der Waals surface area contributed by atoms with Gasteiger partial charge in [-0.3, -0.25) is 15.0 Å². The van der Waals surface area contributed by atoms with E-state index in [2.05, 4.69) is 4.90 Å². The largest absolute Gasteiger partial charge is 0.444 e. The third-order valence-electron chi connectivity index (χ3n) is 4.03. The molecule has 0 saturated carbocycles. The van der Waals surface area contributed by atoms with Gasteiger partial charge in [-0.2, -0.15) is 0 Å². The highest BCUT2D eigenvalue weighted by molar-refractivity contribution is 6.35. The number of carbonyl (C=O) groups is 1. The molecular weight excluding hydrogens is 381 g/mol. The highest BCUT2D eigenvalue weighted by Crippen LogP contribution is 2.31. The molecule has 1 aliphatic rings. The molecule has 0 aromatic heterocycles. The van der Waals surface area contributed by atoms with Gasteiger partial charge in [0.2, 0.25) is 0 Å². The number of nitrogens with zero attached hydrogens (tertiary/aromatic N) is 3. The third-order valence-corrected chi connectivity index (χ3v) is 4.69. The second-order valence-corrected chi connectivity index (χ2v) is 8.03. The minimum absolute atomic E-state index is 0.0872. The molecule has 144 valence electrons. The number of benzene rings is 1. The lowest BCUT2D eigenvalue weighted by atomic mass is 10.1. The maximum atomic E-state index is 12.1. The number of nitro groups is 1. The molecule has 0 bridgehead atoms. The van der Waals surface area contributed by atoms with E-state index in [0.717, 1.165) is 25.2 Å². The van der Waals surface area contributed by atoms with E-state index in [4.69, 9.17) is 27.9 Å². The predicted octanol–water partition coefficient (Wildman–Crippen LogP) is 4.00. The predicted molar refractivity (Wildman–Crippen MR) is 101 cm³/mol. The van der Waals surface area contributed by atoms with Crippen LogP contribution < -0.4 is 0 Å². The summed E-state index contributed by atoms with van der Waals surface area (Å²) in [5.41, 5.74) is 0.0865. The molecule has 0 aliphatic carbocycles. The highest BCUT2D eigenvalue weighted by Gasteiger charge is 2.26. The second kappa shape index (κ2) is 8.41. The van der Waals surface area contributed by atoms with E-state index in [-0.39, 0.29) is 16.8 Å². The Balaban J connectivity index is 1.86. The van der Waals surface area contributed by atoms with Crippen molar-refractivity contribution < 1.29 is 14.5 Å². The summed E-state index contributed by atoms with van der Waals surface area (Å²) in [6, 6.07) is 2.85. The summed E-state index contributed by atoms with van der Waals surface area (Å²) in [5.74, 6) is 0. The van der Waals surface area contributed by atoms with Crippen LogP contribution in [0.2, 0.25) is 10.0 Å². The van der Waals surface area contributed by atoms with E-state index >= 15 is 0 Å². The lowest BCUT2D eigenvalue weighted by Crippen LogP contribution is -2.50. The van der Waals surface area contributed by atoms with E-state index in [1.807, 2.05) is 20.8 Å². The number of hydrogen-bond acceptors (Lipinski definition) is 5. The molecule has 1 aromatic carbocycles. The molecule has 2 rings (SSSR count). The van der Waals surface area contributed by atoms with Crippen molar-refractivity contribution in [1.82, 2.24) is 9.80 Å². The molecule has 0 N–H and O–H groups in total. The van der Waals surface area contributed by atoms with Crippen LogP contribution in [0.4, 0.5) is 10.5 Å². The fourth-order valence-corrected chi connectivity index (χ4v) is 3.18. The van der Waals surface area contributed by atoms with Crippen LogP contribution in [-0.2, 0) is 11.2 Å². The first-order valence-corrected chi connectivity index (χ1v) is 9.15. The van der Waals surface area contributed by atoms with Crippen molar-refractivity contribution >= 4 is 35.0 Å². The molecule has 0 atom stereocenters. The molecule has 1 saturated heterocycles. The van der Waals surface area contributed by atoms with Crippen molar-refractivity contribution in [3.63, 3.8) is 0 Å². The van der Waals surface area contributed by atoms with Gasteiger partial charge in [0.15, 0.2) is 0 Å². The summed E-state index contributed by atoms with van der Waals surface area (Å²) in [6.45, 7) is 8.94. The molecule has 0 radical (unpaired) electrons. The second-order valence-electron chi connectivity index (χ2n) is 7.21. The smallest absolute Gasteiger partial charge is 0.410 e. The first-order valence-electron chi connectivity index (χ1n) is 8.39. The van der Waals surface area contributed by atoms with Crippen molar-refractivity contribution in [3.8, 4) is 0 Å². The lowest BCUT2D eigenvalue weighted by molar-refractivity contribution is -0.384. The van der Waals surface area contributed by atoms with E-state index < -0.39 is 10.5 Å². The number of ether oxygens (including phenoxy) is 1. The van der Waals surface area contributed by atoms with Gasteiger partial charge in [-0.15, -0.1) is 0 Å². The van der Waals surface area contributed by atoms with Gasteiger partial charge in [-0.25, -0.2) is 4.79 Å². The van der Waals surface area contributed by atoms with Crippen molar-refractivity contribution in [2.45, 2.75) is 32.8 Å². The molecule has 9 heteroatoms. The van der Waals surface area contributed by atoms with Crippen LogP contribution in [0, 0.1) is 10.1 Å². The molecular formula is C17H23Cl2N3O4. The Kier molecular flexibility index (Phi) is 6.71. The minimum atomic E-state index is -0.548. The number of halogens is 2. The molecule has 1 heterocycles. The fourth-order valence-electron chi connectivity index (χ4n) is 2.67. The van der Waals surface area contributed by atoms with Gasteiger partial charge >= 0.3 is 6.09 Å². The molecule has 1 amide bonds. The maximum absolute atomic E-state index is 12.1. The molecule has 1 aromatic rings. The van der Waals surface area contributed by atoms with Crippen molar-refractivity contribution in [1.29, 1.82) is 0 Å². The molecule has 26 heavy (non-hydrogen) atoms. The van der Waals surface area contributed by atoms with Gasteiger partial charge in [0.1, 0.15) is 10.6 Å². The van der Waals surface area contributed by atoms with Gasteiger partial charge in [0, 0.05) is 38.8 Å². The van der Waals surface area contributed by atoms with Crippen LogP contribution in [-0.4, -0.2) is 59.1 Å². The number of nitro benzene ring substituents is 1. The average molecular weight is 404 g/mol. The zero-order valence-corrected chi connectivity index (χ0v) is 16.6. The Morgan fingerprint density at radius 2 is 1.81 bits per heavy atom. The fraction of sp³-hybridized carbons (Fsp3) is 0.588. The van der Waals surface area contributed by atoms with E-state index in [0.29, 0.717) is 24.5 Å². The van der Waals surface area contributed by atoms with Crippen molar-refractivity contribution in [3.05, 3.63) is 37.9 Å². The standard InChI is InChI=1S/C17H23Cl2N3O4/c1-17(2,3)26-16(23)21-8-6-20(7-9-21)5-4-12-10-14(19)15(22(24)25)11-13(12)18/h10-11H,4-9H2,1-3H3. The number of rotatable bonds is 4. The molecule has 1 aliphatic heterocycles. The maximum Gasteiger partial charge on any atom is 0.410 e. The summed E-state index contributed by atoms with van der Waals surface area (Å²) in [4.78, 5) is 26.3. The average Bonchev–Trinajstić information content (AvgIpc) is 2.54. The van der Waals surface area contributed by atoms with E-state index in [1.165, 1.54) is 6.07 Å². The Morgan fingerprint density at radius 1 is 1.19 bits per heavy atom. The molecule has 1 fully saturated rings. The van der Waals surface area contributed by atoms with Crippen LogP contribution in [0.3, 0.4) is 0 Å². The monoisotopic (exact) mass is 403 g/mol. The Hall–Kier alpha value is -1.57. The third kappa shape index (κ3) is 5.72. The Morgan fingerprint density at radius 3 is 2.35 bits per heavy atom. The van der Waals surface area contributed by atoms with Gasteiger partial charge < -0.3 is 9.64 Å². The number of carbonyl (C=O) groups excluding carboxylic acids is 1. The normalized spacial score (nSPS) is 15.8. The summed E-state index contributed by atoms with van der Waals surface area (Å²) >= 11 is 12.1. The van der Waals surface area contributed by atoms with E-state index in [9.17, 15) is 14.9 Å². The van der Waals surface area contributed by atoms with Crippen molar-refractivity contribution in [2.75, 3.05) is 32.7 Å². The summed E-state index contributed by atoms with van der Waals surface area (Å²) < 4.78 is 5.38. The molecule has 7 nitrogen and oxygen atoms in total. The number of amides is 1. The topological polar surface area (TPSA) is 75.9 Å². The lowest BCUT2D eigenvalue weighted by Gasteiger charge is -2.35. The summed E-state index contributed by atoms with van der Waals surface area (Å²) in [5, 5.41) is 11.3. The van der Waals surface area contributed by atoms with Crippen LogP contribution in [0.1, 0.15) is 26.3 Å². The quantitative estimate of drug-likeness (QED) is 0.560. The first kappa shape index (κ1) is 20.7. The summed E-state index contributed by atoms with van der Waals surface area (Å²) in [7, 11) is 0.